The molecule has 0 aromatic carbocycles. The van der Waals surface area contributed by atoms with Crippen LogP contribution in [0.15, 0.2) is 43.1 Å². The molecular formula is C18H20ClN3OS. The SMILES string of the molecule is C=CCN(Cc1ccc(Cl)s1)C(=O)c1cccnc1N1CCCC1. The van der Waals surface area contributed by atoms with E-state index in [4.69, 9.17) is 11.6 Å². The van der Waals surface area contributed by atoms with E-state index in [9.17, 15) is 4.79 Å². The summed E-state index contributed by atoms with van der Waals surface area (Å²) in [6.45, 7) is 6.71. The molecule has 1 saturated heterocycles. The lowest BCUT2D eigenvalue weighted by molar-refractivity contribution is 0.0764. The molecule has 0 spiro atoms. The van der Waals surface area contributed by atoms with Crippen LogP contribution < -0.4 is 4.90 Å². The van der Waals surface area contributed by atoms with Crippen LogP contribution >= 0.6 is 22.9 Å². The molecule has 0 bridgehead atoms. The Bertz CT molecular complexity index is 725. The number of carbonyl (C=O) groups is 1. The molecule has 3 rings (SSSR count). The van der Waals surface area contributed by atoms with Crippen LogP contribution in [0.3, 0.4) is 0 Å². The summed E-state index contributed by atoms with van der Waals surface area (Å²) >= 11 is 7.50. The Morgan fingerprint density at radius 2 is 2.17 bits per heavy atom. The third-order valence-corrected chi connectivity index (χ3v) is 5.25. The van der Waals surface area contributed by atoms with Gasteiger partial charge in [-0.25, -0.2) is 4.98 Å². The summed E-state index contributed by atoms with van der Waals surface area (Å²) in [5.41, 5.74) is 0.656. The smallest absolute Gasteiger partial charge is 0.258 e. The van der Waals surface area contributed by atoms with Gasteiger partial charge in [0.05, 0.1) is 16.4 Å². The van der Waals surface area contributed by atoms with Crippen LogP contribution in [0.25, 0.3) is 0 Å². The Morgan fingerprint density at radius 1 is 1.38 bits per heavy atom. The first-order valence-electron chi connectivity index (χ1n) is 8.03. The standard InChI is InChI=1S/C18H20ClN3OS/c1-2-10-22(13-14-7-8-16(19)24-14)18(23)15-6-5-9-20-17(15)21-11-3-4-12-21/h2,5-9H,1,3-4,10-13H2. The van der Waals surface area contributed by atoms with Crippen LogP contribution in [0, 0.1) is 0 Å². The lowest BCUT2D eigenvalue weighted by Crippen LogP contribution is -2.32. The van der Waals surface area contributed by atoms with Crippen molar-refractivity contribution in [3.8, 4) is 0 Å². The number of hydrogen-bond acceptors (Lipinski definition) is 4. The summed E-state index contributed by atoms with van der Waals surface area (Å²) in [6.07, 6.45) is 5.79. The van der Waals surface area contributed by atoms with Crippen molar-refractivity contribution in [2.45, 2.75) is 19.4 Å². The van der Waals surface area contributed by atoms with Crippen molar-refractivity contribution in [1.29, 1.82) is 0 Å². The predicted molar refractivity (Wildman–Crippen MR) is 100.0 cm³/mol. The van der Waals surface area contributed by atoms with E-state index in [1.807, 2.05) is 24.3 Å². The molecule has 0 N–H and O–H groups in total. The van der Waals surface area contributed by atoms with Crippen molar-refractivity contribution < 1.29 is 4.79 Å². The molecule has 24 heavy (non-hydrogen) atoms. The van der Waals surface area contributed by atoms with Gasteiger partial charge in [0.15, 0.2) is 0 Å². The fourth-order valence-corrected chi connectivity index (χ4v) is 4.02. The minimum atomic E-state index is -0.0191. The summed E-state index contributed by atoms with van der Waals surface area (Å²) < 4.78 is 0.732. The molecule has 1 aliphatic heterocycles. The largest absolute Gasteiger partial charge is 0.356 e. The Kier molecular flexibility index (Phi) is 5.53. The minimum Gasteiger partial charge on any atom is -0.356 e. The molecule has 4 nitrogen and oxygen atoms in total. The molecule has 0 aliphatic carbocycles. The first-order valence-corrected chi connectivity index (χ1v) is 9.23. The van der Waals surface area contributed by atoms with Crippen molar-refractivity contribution in [3.63, 3.8) is 0 Å². The van der Waals surface area contributed by atoms with Gasteiger partial charge in [0.2, 0.25) is 0 Å². The zero-order chi connectivity index (χ0) is 16.9. The van der Waals surface area contributed by atoms with Gasteiger partial charge in [0, 0.05) is 30.7 Å². The number of carbonyl (C=O) groups excluding carboxylic acids is 1. The lowest BCUT2D eigenvalue weighted by atomic mass is 10.2. The van der Waals surface area contributed by atoms with E-state index in [0.29, 0.717) is 18.7 Å². The number of nitrogens with zero attached hydrogens (tertiary/aromatic N) is 3. The first-order chi connectivity index (χ1) is 11.7. The van der Waals surface area contributed by atoms with Crippen LogP contribution in [0.2, 0.25) is 4.34 Å². The number of rotatable bonds is 6. The van der Waals surface area contributed by atoms with E-state index < -0.39 is 0 Å². The number of pyridine rings is 1. The molecule has 2 aromatic rings. The molecular weight excluding hydrogens is 342 g/mol. The highest BCUT2D eigenvalue weighted by molar-refractivity contribution is 7.16. The molecule has 3 heterocycles. The second kappa shape index (κ2) is 7.81. The lowest BCUT2D eigenvalue weighted by Gasteiger charge is -2.24. The molecule has 1 amide bonds. The van der Waals surface area contributed by atoms with Crippen LogP contribution in [0.4, 0.5) is 5.82 Å². The second-order valence-corrected chi connectivity index (χ2v) is 7.55. The third-order valence-electron chi connectivity index (χ3n) is 4.03. The maximum atomic E-state index is 13.1. The molecule has 0 saturated carbocycles. The molecule has 2 aromatic heterocycles. The van der Waals surface area contributed by atoms with Crippen molar-refractivity contribution >= 4 is 34.7 Å². The number of hydrogen-bond donors (Lipinski definition) is 0. The molecule has 0 atom stereocenters. The van der Waals surface area contributed by atoms with Gasteiger partial charge in [-0.1, -0.05) is 17.7 Å². The maximum absolute atomic E-state index is 13.1. The van der Waals surface area contributed by atoms with E-state index in [-0.39, 0.29) is 5.91 Å². The van der Waals surface area contributed by atoms with E-state index in [2.05, 4.69) is 16.5 Å². The molecule has 6 heteroatoms. The van der Waals surface area contributed by atoms with E-state index in [1.165, 1.54) is 11.3 Å². The molecule has 0 unspecified atom stereocenters. The highest BCUT2D eigenvalue weighted by Crippen LogP contribution is 2.26. The third kappa shape index (κ3) is 3.79. The summed E-state index contributed by atoms with van der Waals surface area (Å²) in [5.74, 6) is 0.771. The Hall–Kier alpha value is -1.85. The zero-order valence-electron chi connectivity index (χ0n) is 13.4. The number of anilines is 1. The van der Waals surface area contributed by atoms with Crippen molar-refractivity contribution in [3.05, 3.63) is 57.9 Å². The second-order valence-electron chi connectivity index (χ2n) is 5.75. The molecule has 1 fully saturated rings. The molecule has 1 aliphatic rings. The average molecular weight is 362 g/mol. The Balaban J connectivity index is 1.85. The van der Waals surface area contributed by atoms with Crippen LogP contribution in [-0.2, 0) is 6.54 Å². The van der Waals surface area contributed by atoms with E-state index in [0.717, 1.165) is 41.0 Å². The van der Waals surface area contributed by atoms with Crippen molar-refractivity contribution in [2.24, 2.45) is 0 Å². The normalized spacial score (nSPS) is 14.0. The van der Waals surface area contributed by atoms with Gasteiger partial charge < -0.3 is 9.80 Å². The van der Waals surface area contributed by atoms with Gasteiger partial charge in [0.1, 0.15) is 5.82 Å². The van der Waals surface area contributed by atoms with Gasteiger partial charge >= 0.3 is 0 Å². The number of halogens is 1. The summed E-state index contributed by atoms with van der Waals surface area (Å²) in [5, 5.41) is 0. The summed E-state index contributed by atoms with van der Waals surface area (Å²) in [6, 6.07) is 7.50. The quantitative estimate of drug-likeness (QED) is 0.722. The molecule has 126 valence electrons. The van der Waals surface area contributed by atoms with Crippen LogP contribution in [0.5, 0.6) is 0 Å². The van der Waals surface area contributed by atoms with Gasteiger partial charge in [-0.05, 0) is 37.1 Å². The summed E-state index contributed by atoms with van der Waals surface area (Å²) in [7, 11) is 0. The zero-order valence-corrected chi connectivity index (χ0v) is 15.0. The topological polar surface area (TPSA) is 36.4 Å². The number of aromatic nitrogens is 1. The van der Waals surface area contributed by atoms with Gasteiger partial charge in [0.25, 0.3) is 5.91 Å². The highest BCUT2D eigenvalue weighted by atomic mass is 35.5. The number of amides is 1. The fourth-order valence-electron chi connectivity index (χ4n) is 2.92. The Morgan fingerprint density at radius 3 is 2.83 bits per heavy atom. The summed E-state index contributed by atoms with van der Waals surface area (Å²) in [4.78, 5) is 22.6. The minimum absolute atomic E-state index is 0.0191. The van der Waals surface area contributed by atoms with E-state index >= 15 is 0 Å². The first kappa shape index (κ1) is 17.0. The monoisotopic (exact) mass is 361 g/mol. The van der Waals surface area contributed by atoms with E-state index in [1.54, 1.807) is 17.2 Å². The molecule has 0 radical (unpaired) electrons. The van der Waals surface area contributed by atoms with Crippen LogP contribution in [-0.4, -0.2) is 35.4 Å². The van der Waals surface area contributed by atoms with Gasteiger partial charge in [-0.15, -0.1) is 17.9 Å². The average Bonchev–Trinajstić information content (AvgIpc) is 3.26. The number of thiophene rings is 1. The highest BCUT2D eigenvalue weighted by Gasteiger charge is 2.24. The van der Waals surface area contributed by atoms with Gasteiger partial charge in [-0.3, -0.25) is 4.79 Å². The van der Waals surface area contributed by atoms with Crippen molar-refractivity contribution in [2.75, 3.05) is 24.5 Å². The Labute approximate surface area is 151 Å². The fraction of sp³-hybridized carbons (Fsp3) is 0.333. The van der Waals surface area contributed by atoms with Crippen LogP contribution in [0.1, 0.15) is 28.1 Å². The maximum Gasteiger partial charge on any atom is 0.258 e. The van der Waals surface area contributed by atoms with Crippen molar-refractivity contribution in [1.82, 2.24) is 9.88 Å². The predicted octanol–water partition coefficient (Wildman–Crippen LogP) is 4.23. The van der Waals surface area contributed by atoms with Gasteiger partial charge in [-0.2, -0.15) is 0 Å².